The van der Waals surface area contributed by atoms with Gasteiger partial charge in [-0.15, -0.1) is 0 Å². The molecule has 31 heavy (non-hydrogen) atoms. The molecule has 6 heteroatoms. The summed E-state index contributed by atoms with van der Waals surface area (Å²) in [6.07, 6.45) is 1.95. The van der Waals surface area contributed by atoms with E-state index in [9.17, 15) is 9.59 Å². The third kappa shape index (κ3) is 4.63. The van der Waals surface area contributed by atoms with Crippen molar-refractivity contribution in [1.82, 2.24) is 9.80 Å². The molecule has 1 aliphatic rings. The van der Waals surface area contributed by atoms with Crippen LogP contribution in [0.2, 0.25) is 0 Å². The molecule has 4 rings (SSSR count). The summed E-state index contributed by atoms with van der Waals surface area (Å²) in [5, 5.41) is 0. The number of furan rings is 1. The van der Waals surface area contributed by atoms with Crippen LogP contribution in [0, 0.1) is 6.92 Å². The van der Waals surface area contributed by atoms with Crippen LogP contribution in [0.3, 0.4) is 0 Å². The number of amides is 2. The van der Waals surface area contributed by atoms with Gasteiger partial charge in [-0.3, -0.25) is 9.59 Å². The van der Waals surface area contributed by atoms with E-state index in [1.807, 2.05) is 55.5 Å². The van der Waals surface area contributed by atoms with E-state index < -0.39 is 6.04 Å². The van der Waals surface area contributed by atoms with Gasteiger partial charge in [0, 0.05) is 20.0 Å². The first-order chi connectivity index (χ1) is 15.0. The van der Waals surface area contributed by atoms with Gasteiger partial charge in [-0.2, -0.15) is 0 Å². The average Bonchev–Trinajstić information content (AvgIpc) is 3.33. The van der Waals surface area contributed by atoms with Crippen LogP contribution in [0.15, 0.2) is 71.3 Å². The first kappa shape index (κ1) is 20.7. The lowest BCUT2D eigenvalue weighted by atomic mass is 9.93. The van der Waals surface area contributed by atoms with E-state index in [1.165, 1.54) is 11.8 Å². The van der Waals surface area contributed by atoms with E-state index in [2.05, 4.69) is 0 Å². The summed E-state index contributed by atoms with van der Waals surface area (Å²) in [6, 6.07) is 18.5. The van der Waals surface area contributed by atoms with Crippen LogP contribution in [0.4, 0.5) is 0 Å². The molecule has 0 fully saturated rings. The fourth-order valence-electron chi connectivity index (χ4n) is 3.80. The lowest BCUT2D eigenvalue weighted by Gasteiger charge is -2.37. The Kier molecular flexibility index (Phi) is 6.07. The number of nitrogens with zero attached hydrogens (tertiary/aromatic N) is 2. The SMILES string of the molecule is Cc1ccc(OCCN(C)C(=O)C2Cc3ccccc3CN2C(=O)c2ccco2)cc1. The maximum atomic E-state index is 13.3. The number of fused-ring (bicyclic) bond motifs is 1. The number of likely N-dealkylation sites (N-methyl/N-ethyl adjacent to an activating group) is 1. The molecular weight excluding hydrogens is 392 g/mol. The fourth-order valence-corrected chi connectivity index (χ4v) is 3.80. The van der Waals surface area contributed by atoms with Gasteiger partial charge in [0.15, 0.2) is 5.76 Å². The van der Waals surface area contributed by atoms with Gasteiger partial charge in [-0.1, -0.05) is 42.0 Å². The molecule has 1 aliphatic heterocycles. The summed E-state index contributed by atoms with van der Waals surface area (Å²) in [5.74, 6) is 0.624. The third-order valence-corrected chi connectivity index (χ3v) is 5.62. The fraction of sp³-hybridized carbons (Fsp3) is 0.280. The monoisotopic (exact) mass is 418 g/mol. The average molecular weight is 418 g/mol. The van der Waals surface area contributed by atoms with Crippen molar-refractivity contribution in [3.63, 3.8) is 0 Å². The molecule has 2 heterocycles. The van der Waals surface area contributed by atoms with Crippen molar-refractivity contribution in [3.05, 3.63) is 89.4 Å². The Morgan fingerprint density at radius 2 is 1.81 bits per heavy atom. The van der Waals surface area contributed by atoms with Crippen molar-refractivity contribution in [2.24, 2.45) is 0 Å². The smallest absolute Gasteiger partial charge is 0.290 e. The third-order valence-electron chi connectivity index (χ3n) is 5.62. The Morgan fingerprint density at radius 3 is 2.52 bits per heavy atom. The van der Waals surface area contributed by atoms with E-state index in [0.29, 0.717) is 26.1 Å². The molecule has 3 aromatic rings. The van der Waals surface area contributed by atoms with Gasteiger partial charge >= 0.3 is 0 Å². The van der Waals surface area contributed by atoms with Crippen molar-refractivity contribution in [3.8, 4) is 5.75 Å². The van der Waals surface area contributed by atoms with Crippen LogP contribution in [0.25, 0.3) is 0 Å². The van der Waals surface area contributed by atoms with E-state index in [0.717, 1.165) is 16.9 Å². The first-order valence-electron chi connectivity index (χ1n) is 10.4. The molecule has 0 radical (unpaired) electrons. The molecule has 160 valence electrons. The molecule has 1 aromatic heterocycles. The Labute approximate surface area is 182 Å². The molecule has 1 unspecified atom stereocenters. The zero-order valence-corrected chi connectivity index (χ0v) is 17.8. The van der Waals surface area contributed by atoms with Gasteiger partial charge in [0.05, 0.1) is 12.8 Å². The Hall–Kier alpha value is -3.54. The predicted molar refractivity (Wildman–Crippen MR) is 117 cm³/mol. The summed E-state index contributed by atoms with van der Waals surface area (Å²) < 4.78 is 11.1. The van der Waals surface area contributed by atoms with Crippen LogP contribution >= 0.6 is 0 Å². The van der Waals surface area contributed by atoms with Crippen molar-refractivity contribution in [2.75, 3.05) is 20.2 Å². The normalized spacial score (nSPS) is 15.3. The summed E-state index contributed by atoms with van der Waals surface area (Å²) in [5.41, 5.74) is 3.31. The van der Waals surface area contributed by atoms with E-state index in [1.54, 1.807) is 29.0 Å². The predicted octanol–water partition coefficient (Wildman–Crippen LogP) is 3.69. The van der Waals surface area contributed by atoms with Crippen LogP contribution in [-0.4, -0.2) is 47.9 Å². The van der Waals surface area contributed by atoms with E-state index in [-0.39, 0.29) is 17.6 Å². The molecule has 0 bridgehead atoms. The van der Waals surface area contributed by atoms with Crippen molar-refractivity contribution in [1.29, 1.82) is 0 Å². The second-order valence-corrected chi connectivity index (χ2v) is 7.82. The zero-order valence-electron chi connectivity index (χ0n) is 17.8. The molecule has 2 amide bonds. The maximum absolute atomic E-state index is 13.3. The van der Waals surface area contributed by atoms with Gasteiger partial charge < -0.3 is 19.0 Å². The highest BCUT2D eigenvalue weighted by Gasteiger charge is 2.37. The van der Waals surface area contributed by atoms with Crippen LogP contribution < -0.4 is 4.74 Å². The van der Waals surface area contributed by atoms with E-state index in [4.69, 9.17) is 9.15 Å². The maximum Gasteiger partial charge on any atom is 0.290 e. The number of hydrogen-bond acceptors (Lipinski definition) is 4. The Morgan fingerprint density at radius 1 is 1.06 bits per heavy atom. The number of hydrogen-bond donors (Lipinski definition) is 0. The molecule has 0 saturated heterocycles. The minimum atomic E-state index is -0.586. The molecule has 0 N–H and O–H groups in total. The standard InChI is InChI=1S/C25H26N2O4/c1-18-9-11-21(12-10-18)30-15-13-26(2)24(28)22-16-19-6-3-4-7-20(19)17-27(22)25(29)23-8-5-14-31-23/h3-12,14,22H,13,15-17H2,1-2H3. The first-order valence-corrected chi connectivity index (χ1v) is 10.4. The van der Waals surface area contributed by atoms with E-state index >= 15 is 0 Å². The quantitative estimate of drug-likeness (QED) is 0.613. The highest BCUT2D eigenvalue weighted by molar-refractivity contribution is 5.96. The second-order valence-electron chi connectivity index (χ2n) is 7.82. The van der Waals surface area contributed by atoms with Crippen LogP contribution in [0.5, 0.6) is 5.75 Å². The number of carbonyl (C=O) groups excluding carboxylic acids is 2. The van der Waals surface area contributed by atoms with Crippen molar-refractivity contribution >= 4 is 11.8 Å². The van der Waals surface area contributed by atoms with Gasteiger partial charge in [0.1, 0.15) is 18.4 Å². The second kappa shape index (κ2) is 9.08. The molecule has 2 aromatic carbocycles. The number of carbonyl (C=O) groups is 2. The number of benzene rings is 2. The molecule has 1 atom stereocenters. The molecular formula is C25H26N2O4. The van der Waals surface area contributed by atoms with Gasteiger partial charge in [0.2, 0.25) is 5.91 Å². The minimum Gasteiger partial charge on any atom is -0.492 e. The molecule has 0 aliphatic carbocycles. The minimum absolute atomic E-state index is 0.109. The van der Waals surface area contributed by atoms with Gasteiger partial charge in [0.25, 0.3) is 5.91 Å². The van der Waals surface area contributed by atoms with Crippen molar-refractivity contribution < 1.29 is 18.7 Å². The lowest BCUT2D eigenvalue weighted by Crippen LogP contribution is -2.53. The summed E-state index contributed by atoms with van der Waals surface area (Å²) in [7, 11) is 1.75. The summed E-state index contributed by atoms with van der Waals surface area (Å²) in [6.45, 7) is 3.20. The lowest BCUT2D eigenvalue weighted by molar-refractivity contribution is -0.135. The molecule has 0 spiro atoms. The Balaban J connectivity index is 1.46. The number of aryl methyl sites for hydroxylation is 1. The molecule has 0 saturated carbocycles. The zero-order chi connectivity index (χ0) is 21.8. The topological polar surface area (TPSA) is 63.0 Å². The summed E-state index contributed by atoms with van der Waals surface area (Å²) >= 11 is 0. The largest absolute Gasteiger partial charge is 0.492 e. The summed E-state index contributed by atoms with van der Waals surface area (Å²) in [4.78, 5) is 29.6. The Bertz CT molecular complexity index is 1040. The van der Waals surface area contributed by atoms with Crippen LogP contribution in [0.1, 0.15) is 27.2 Å². The highest BCUT2D eigenvalue weighted by atomic mass is 16.5. The highest BCUT2D eigenvalue weighted by Crippen LogP contribution is 2.26. The number of ether oxygens (including phenoxy) is 1. The van der Waals surface area contributed by atoms with Crippen LogP contribution in [-0.2, 0) is 17.8 Å². The number of rotatable bonds is 6. The van der Waals surface area contributed by atoms with Gasteiger partial charge in [-0.25, -0.2) is 0 Å². The molecule has 6 nitrogen and oxygen atoms in total. The van der Waals surface area contributed by atoms with Gasteiger partial charge in [-0.05, 0) is 42.3 Å². The van der Waals surface area contributed by atoms with Crippen molar-refractivity contribution in [2.45, 2.75) is 25.9 Å².